The molecule has 0 amide bonds. The van der Waals surface area contributed by atoms with Gasteiger partial charge in [-0.25, -0.2) is 0 Å². The Bertz CT molecular complexity index is 800. The van der Waals surface area contributed by atoms with E-state index in [9.17, 15) is 9.90 Å². The van der Waals surface area contributed by atoms with E-state index < -0.39 is 6.10 Å². The van der Waals surface area contributed by atoms with Crippen molar-refractivity contribution in [2.24, 2.45) is 0 Å². The number of hydrogen-bond acceptors (Lipinski definition) is 5. The van der Waals surface area contributed by atoms with Gasteiger partial charge in [0.2, 0.25) is 0 Å². The van der Waals surface area contributed by atoms with Crippen LogP contribution in [0.2, 0.25) is 0 Å². The molecule has 25 heavy (non-hydrogen) atoms. The highest BCUT2D eigenvalue weighted by atomic mass is 16.5. The SMILES string of the molecule is COCCn1c(=O)c(CNC[C@H](O)CO)cc2cc3c(cc21)CCC3. The second-order valence-electron chi connectivity index (χ2n) is 6.62. The number of nitrogens with one attached hydrogen (secondary N) is 1. The molecule has 3 N–H and O–H groups in total. The van der Waals surface area contributed by atoms with Gasteiger partial charge in [-0.15, -0.1) is 0 Å². The Morgan fingerprint density at radius 3 is 2.76 bits per heavy atom. The number of methoxy groups -OCH3 is 1. The number of hydrogen-bond donors (Lipinski definition) is 3. The molecule has 1 aliphatic carbocycles. The van der Waals surface area contributed by atoms with Gasteiger partial charge in [0.05, 0.1) is 24.8 Å². The minimum atomic E-state index is -0.820. The van der Waals surface area contributed by atoms with Crippen molar-refractivity contribution < 1.29 is 14.9 Å². The zero-order valence-corrected chi connectivity index (χ0v) is 14.6. The molecule has 6 nitrogen and oxygen atoms in total. The van der Waals surface area contributed by atoms with Crippen molar-refractivity contribution in [1.82, 2.24) is 9.88 Å². The fourth-order valence-corrected chi connectivity index (χ4v) is 3.48. The third kappa shape index (κ3) is 3.93. The zero-order valence-electron chi connectivity index (χ0n) is 14.6. The molecule has 0 bridgehead atoms. The van der Waals surface area contributed by atoms with Crippen LogP contribution in [-0.4, -0.2) is 47.8 Å². The first kappa shape index (κ1) is 18.1. The molecule has 1 aromatic carbocycles. The number of nitrogens with zero attached hydrogens (tertiary/aromatic N) is 1. The van der Waals surface area contributed by atoms with Crippen LogP contribution in [0.5, 0.6) is 0 Å². The maximum Gasteiger partial charge on any atom is 0.255 e. The van der Waals surface area contributed by atoms with Gasteiger partial charge in [-0.2, -0.15) is 0 Å². The molecule has 0 saturated heterocycles. The Hall–Kier alpha value is -1.73. The van der Waals surface area contributed by atoms with Crippen molar-refractivity contribution in [3.05, 3.63) is 45.2 Å². The number of aromatic nitrogens is 1. The van der Waals surface area contributed by atoms with E-state index in [1.165, 1.54) is 17.5 Å². The highest BCUT2D eigenvalue weighted by Gasteiger charge is 2.16. The molecule has 6 heteroatoms. The fraction of sp³-hybridized carbons (Fsp3) is 0.526. The van der Waals surface area contributed by atoms with E-state index in [-0.39, 0.29) is 18.7 Å². The third-order valence-electron chi connectivity index (χ3n) is 4.81. The van der Waals surface area contributed by atoms with Gasteiger partial charge in [0.1, 0.15) is 0 Å². The Kier molecular flexibility index (Phi) is 5.86. The first-order valence-electron chi connectivity index (χ1n) is 8.81. The molecule has 0 unspecified atom stereocenters. The summed E-state index contributed by atoms with van der Waals surface area (Å²) in [5.74, 6) is 0. The molecule has 0 aliphatic heterocycles. The van der Waals surface area contributed by atoms with E-state index in [1.54, 1.807) is 11.7 Å². The molecule has 1 atom stereocenters. The fourth-order valence-electron chi connectivity index (χ4n) is 3.48. The number of benzene rings is 1. The Morgan fingerprint density at radius 2 is 2.04 bits per heavy atom. The van der Waals surface area contributed by atoms with E-state index in [2.05, 4.69) is 17.4 Å². The second kappa shape index (κ2) is 8.10. The predicted octanol–water partition coefficient (Wildman–Crippen LogP) is 0.579. The standard InChI is InChI=1S/C19H26N2O4/c1-25-6-5-21-18-9-14-4-2-3-13(14)7-15(18)8-16(19(21)24)10-20-11-17(23)12-22/h7-9,17,20,22-23H,2-6,10-12H2,1H3/t17-/m0/s1. The Morgan fingerprint density at radius 1 is 1.28 bits per heavy atom. The molecule has 0 spiro atoms. The number of aliphatic hydroxyl groups is 2. The average Bonchev–Trinajstić information content (AvgIpc) is 3.07. The van der Waals surface area contributed by atoms with Crippen molar-refractivity contribution >= 4 is 10.9 Å². The summed E-state index contributed by atoms with van der Waals surface area (Å²) in [7, 11) is 1.63. The van der Waals surface area contributed by atoms with E-state index in [0.29, 0.717) is 25.3 Å². The number of aryl methyl sites for hydroxylation is 2. The third-order valence-corrected chi connectivity index (χ3v) is 4.81. The van der Waals surface area contributed by atoms with Gasteiger partial charge in [0.15, 0.2) is 0 Å². The molecule has 2 aromatic rings. The summed E-state index contributed by atoms with van der Waals surface area (Å²) in [6.45, 7) is 1.30. The minimum absolute atomic E-state index is 0.0338. The highest BCUT2D eigenvalue weighted by Crippen LogP contribution is 2.27. The van der Waals surface area contributed by atoms with Gasteiger partial charge in [-0.05, 0) is 54.0 Å². The van der Waals surface area contributed by atoms with Crippen LogP contribution in [0.4, 0.5) is 0 Å². The zero-order chi connectivity index (χ0) is 17.8. The molecular weight excluding hydrogens is 320 g/mol. The molecule has 0 saturated carbocycles. The van der Waals surface area contributed by atoms with Gasteiger partial charge in [-0.1, -0.05) is 0 Å². The smallest absolute Gasteiger partial charge is 0.255 e. The predicted molar refractivity (Wildman–Crippen MR) is 96.9 cm³/mol. The topological polar surface area (TPSA) is 83.7 Å². The number of aliphatic hydroxyl groups excluding tert-OH is 2. The summed E-state index contributed by atoms with van der Waals surface area (Å²) < 4.78 is 6.96. The lowest BCUT2D eigenvalue weighted by Gasteiger charge is -2.15. The average molecular weight is 346 g/mol. The molecular formula is C19H26N2O4. The van der Waals surface area contributed by atoms with Crippen molar-refractivity contribution in [3.8, 4) is 0 Å². The van der Waals surface area contributed by atoms with Gasteiger partial charge in [0.25, 0.3) is 5.56 Å². The molecule has 136 valence electrons. The van der Waals surface area contributed by atoms with Gasteiger partial charge in [-0.3, -0.25) is 4.79 Å². The number of ether oxygens (including phenoxy) is 1. The van der Waals surface area contributed by atoms with Gasteiger partial charge < -0.3 is 24.8 Å². The molecule has 0 radical (unpaired) electrons. The maximum absolute atomic E-state index is 12.9. The number of rotatable bonds is 8. The van der Waals surface area contributed by atoms with Crippen molar-refractivity contribution in [1.29, 1.82) is 0 Å². The van der Waals surface area contributed by atoms with E-state index in [1.807, 2.05) is 6.07 Å². The first-order valence-corrected chi connectivity index (χ1v) is 8.81. The molecule has 1 aromatic heterocycles. The summed E-state index contributed by atoms with van der Waals surface area (Å²) in [5, 5.41) is 22.4. The van der Waals surface area contributed by atoms with Crippen LogP contribution < -0.4 is 10.9 Å². The van der Waals surface area contributed by atoms with Crippen LogP contribution in [0, 0.1) is 0 Å². The maximum atomic E-state index is 12.9. The quantitative estimate of drug-likeness (QED) is 0.651. The van der Waals surface area contributed by atoms with E-state index in [0.717, 1.165) is 23.7 Å². The van der Waals surface area contributed by atoms with E-state index >= 15 is 0 Å². The lowest BCUT2D eigenvalue weighted by molar-refractivity contribution is 0.0942. The first-order chi connectivity index (χ1) is 12.1. The van der Waals surface area contributed by atoms with Crippen molar-refractivity contribution in [2.75, 3.05) is 26.9 Å². The minimum Gasteiger partial charge on any atom is -0.394 e. The van der Waals surface area contributed by atoms with Crippen LogP contribution in [-0.2, 0) is 30.7 Å². The van der Waals surface area contributed by atoms with Crippen LogP contribution in [0.1, 0.15) is 23.1 Å². The Balaban J connectivity index is 1.98. The van der Waals surface area contributed by atoms with Crippen molar-refractivity contribution in [3.63, 3.8) is 0 Å². The van der Waals surface area contributed by atoms with Crippen LogP contribution in [0.25, 0.3) is 10.9 Å². The lowest BCUT2D eigenvalue weighted by atomic mass is 10.0. The summed E-state index contributed by atoms with van der Waals surface area (Å²) >= 11 is 0. The summed E-state index contributed by atoms with van der Waals surface area (Å²) in [4.78, 5) is 12.9. The summed E-state index contributed by atoms with van der Waals surface area (Å²) in [5.41, 5.74) is 4.30. The lowest BCUT2D eigenvalue weighted by Crippen LogP contribution is -2.33. The van der Waals surface area contributed by atoms with Crippen molar-refractivity contribution in [2.45, 2.75) is 38.5 Å². The molecule has 1 heterocycles. The van der Waals surface area contributed by atoms with Crippen LogP contribution in [0.3, 0.4) is 0 Å². The highest BCUT2D eigenvalue weighted by molar-refractivity contribution is 5.82. The molecule has 0 fully saturated rings. The Labute approximate surface area is 147 Å². The second-order valence-corrected chi connectivity index (χ2v) is 6.62. The number of pyridine rings is 1. The van der Waals surface area contributed by atoms with Crippen LogP contribution >= 0.6 is 0 Å². The summed E-state index contributed by atoms with van der Waals surface area (Å²) in [6, 6.07) is 6.30. The monoisotopic (exact) mass is 346 g/mol. The van der Waals surface area contributed by atoms with E-state index in [4.69, 9.17) is 9.84 Å². The van der Waals surface area contributed by atoms with Gasteiger partial charge in [0, 0.05) is 32.3 Å². The number of fused-ring (bicyclic) bond motifs is 2. The molecule has 1 aliphatic rings. The summed E-state index contributed by atoms with van der Waals surface area (Å²) in [6.07, 6.45) is 2.52. The van der Waals surface area contributed by atoms with Gasteiger partial charge >= 0.3 is 0 Å². The van der Waals surface area contributed by atoms with Crippen LogP contribution in [0.15, 0.2) is 23.0 Å². The largest absolute Gasteiger partial charge is 0.394 e. The molecule has 3 rings (SSSR count). The normalized spacial score (nSPS) is 14.8.